The van der Waals surface area contributed by atoms with Gasteiger partial charge in [-0.2, -0.15) is 0 Å². The van der Waals surface area contributed by atoms with Crippen LogP contribution in [0.4, 0.5) is 20.6 Å². The monoisotopic (exact) mass is 327 g/mol. The molecule has 24 heavy (non-hydrogen) atoms. The van der Waals surface area contributed by atoms with E-state index in [1.165, 1.54) is 29.2 Å². The van der Waals surface area contributed by atoms with Crippen LogP contribution < -0.4 is 10.6 Å². The number of nitrogens with zero attached hydrogens (tertiary/aromatic N) is 1. The van der Waals surface area contributed by atoms with Crippen LogP contribution in [0, 0.1) is 5.82 Å². The predicted octanol–water partition coefficient (Wildman–Crippen LogP) is 3.46. The molecular formula is C18H18FN3O2. The zero-order valence-corrected chi connectivity index (χ0v) is 13.0. The highest BCUT2D eigenvalue weighted by Gasteiger charge is 2.34. The lowest BCUT2D eigenvalue weighted by atomic mass is 10.2. The number of anilines is 2. The van der Waals surface area contributed by atoms with Crippen LogP contribution in [-0.4, -0.2) is 29.4 Å². The van der Waals surface area contributed by atoms with Crippen LogP contribution >= 0.6 is 0 Å². The molecule has 1 aliphatic rings. The fourth-order valence-electron chi connectivity index (χ4n) is 2.76. The van der Waals surface area contributed by atoms with Gasteiger partial charge in [0.1, 0.15) is 11.9 Å². The number of carbonyl (C=O) groups excluding carboxylic acids is 2. The molecule has 1 aliphatic heterocycles. The first kappa shape index (κ1) is 16.0. The van der Waals surface area contributed by atoms with E-state index in [1.54, 1.807) is 12.1 Å². The summed E-state index contributed by atoms with van der Waals surface area (Å²) in [6.07, 6.45) is 1.37. The lowest BCUT2D eigenvalue weighted by Crippen LogP contribution is -2.45. The fourth-order valence-corrected chi connectivity index (χ4v) is 2.76. The molecule has 0 saturated carbocycles. The summed E-state index contributed by atoms with van der Waals surface area (Å²) >= 11 is 0. The number of benzene rings is 2. The van der Waals surface area contributed by atoms with Crippen molar-refractivity contribution in [1.82, 2.24) is 4.90 Å². The maximum absolute atomic E-state index is 12.9. The summed E-state index contributed by atoms with van der Waals surface area (Å²) in [5.74, 6) is -0.625. The summed E-state index contributed by atoms with van der Waals surface area (Å²) < 4.78 is 12.9. The van der Waals surface area contributed by atoms with Gasteiger partial charge in [0.15, 0.2) is 0 Å². The van der Waals surface area contributed by atoms with Crippen molar-refractivity contribution < 1.29 is 14.0 Å². The molecular weight excluding hydrogens is 309 g/mol. The third-order valence-electron chi connectivity index (χ3n) is 3.95. The molecule has 0 spiro atoms. The largest absolute Gasteiger partial charge is 0.324 e. The third-order valence-corrected chi connectivity index (χ3v) is 3.95. The van der Waals surface area contributed by atoms with Gasteiger partial charge in [0.25, 0.3) is 0 Å². The summed E-state index contributed by atoms with van der Waals surface area (Å²) in [5.41, 5.74) is 1.20. The molecule has 1 atom stereocenters. The molecule has 1 saturated heterocycles. The minimum absolute atomic E-state index is 0.262. The molecule has 124 valence electrons. The number of para-hydroxylation sites is 1. The second-order valence-electron chi connectivity index (χ2n) is 5.64. The molecule has 1 fully saturated rings. The number of rotatable bonds is 3. The zero-order valence-electron chi connectivity index (χ0n) is 13.0. The van der Waals surface area contributed by atoms with Crippen molar-refractivity contribution in [2.24, 2.45) is 0 Å². The van der Waals surface area contributed by atoms with Crippen LogP contribution in [0.5, 0.6) is 0 Å². The minimum atomic E-state index is -0.529. The Morgan fingerprint density at radius 1 is 0.958 bits per heavy atom. The van der Waals surface area contributed by atoms with Crippen molar-refractivity contribution in [1.29, 1.82) is 0 Å². The van der Waals surface area contributed by atoms with Crippen LogP contribution in [0.3, 0.4) is 0 Å². The average Bonchev–Trinajstić information content (AvgIpc) is 3.08. The summed E-state index contributed by atoms with van der Waals surface area (Å²) in [5, 5.41) is 5.53. The van der Waals surface area contributed by atoms with Gasteiger partial charge in [-0.25, -0.2) is 9.18 Å². The van der Waals surface area contributed by atoms with Crippen LogP contribution in [-0.2, 0) is 4.79 Å². The Labute approximate surface area is 139 Å². The molecule has 5 nitrogen and oxygen atoms in total. The Bertz CT molecular complexity index is 719. The maximum Gasteiger partial charge on any atom is 0.322 e. The van der Waals surface area contributed by atoms with E-state index in [0.29, 0.717) is 24.3 Å². The minimum Gasteiger partial charge on any atom is -0.324 e. The molecule has 1 unspecified atom stereocenters. The van der Waals surface area contributed by atoms with Crippen LogP contribution in [0.2, 0.25) is 0 Å². The SMILES string of the molecule is O=C(Nc1ccc(F)cc1)C1CCCN1C(=O)Nc1ccccc1. The topological polar surface area (TPSA) is 61.4 Å². The van der Waals surface area contributed by atoms with Crippen molar-refractivity contribution in [2.45, 2.75) is 18.9 Å². The van der Waals surface area contributed by atoms with Gasteiger partial charge in [-0.3, -0.25) is 4.79 Å². The van der Waals surface area contributed by atoms with Gasteiger partial charge in [-0.15, -0.1) is 0 Å². The molecule has 3 rings (SSSR count). The van der Waals surface area contributed by atoms with Crippen molar-refractivity contribution in [3.05, 3.63) is 60.4 Å². The van der Waals surface area contributed by atoms with E-state index < -0.39 is 6.04 Å². The summed E-state index contributed by atoms with van der Waals surface area (Å²) in [7, 11) is 0. The first-order valence-electron chi connectivity index (χ1n) is 7.82. The Hall–Kier alpha value is -2.89. The molecule has 6 heteroatoms. The number of likely N-dealkylation sites (tertiary alicyclic amines) is 1. The lowest BCUT2D eigenvalue weighted by Gasteiger charge is -2.24. The van der Waals surface area contributed by atoms with E-state index in [4.69, 9.17) is 0 Å². The highest BCUT2D eigenvalue weighted by molar-refractivity contribution is 5.99. The second kappa shape index (κ2) is 7.12. The first-order chi connectivity index (χ1) is 11.6. The summed E-state index contributed by atoms with van der Waals surface area (Å²) in [6, 6.07) is 13.8. The number of amides is 3. The van der Waals surface area contributed by atoms with Gasteiger partial charge < -0.3 is 15.5 Å². The number of halogens is 1. The van der Waals surface area contributed by atoms with E-state index in [1.807, 2.05) is 18.2 Å². The molecule has 0 radical (unpaired) electrons. The zero-order chi connectivity index (χ0) is 16.9. The van der Waals surface area contributed by atoms with E-state index in [9.17, 15) is 14.0 Å². The lowest BCUT2D eigenvalue weighted by molar-refractivity contribution is -0.119. The second-order valence-corrected chi connectivity index (χ2v) is 5.64. The molecule has 1 heterocycles. The molecule has 0 aliphatic carbocycles. The number of urea groups is 1. The van der Waals surface area contributed by atoms with Gasteiger partial charge in [0.2, 0.25) is 5.91 Å². The maximum atomic E-state index is 12.9. The van der Waals surface area contributed by atoms with Gasteiger partial charge in [0.05, 0.1) is 0 Å². The van der Waals surface area contributed by atoms with Crippen LogP contribution in [0.15, 0.2) is 54.6 Å². The van der Waals surface area contributed by atoms with Crippen molar-refractivity contribution in [2.75, 3.05) is 17.2 Å². The fraction of sp³-hybridized carbons (Fsp3) is 0.222. The Kier molecular flexibility index (Phi) is 4.74. The normalized spacial score (nSPS) is 16.7. The number of nitrogens with one attached hydrogen (secondary N) is 2. The van der Waals surface area contributed by atoms with E-state index in [2.05, 4.69) is 10.6 Å². The summed E-state index contributed by atoms with van der Waals surface area (Å²) in [6.45, 7) is 0.528. The first-order valence-corrected chi connectivity index (χ1v) is 7.82. The third kappa shape index (κ3) is 3.71. The molecule has 2 aromatic carbocycles. The molecule has 0 bridgehead atoms. The smallest absolute Gasteiger partial charge is 0.322 e. The summed E-state index contributed by atoms with van der Waals surface area (Å²) in [4.78, 5) is 26.4. The Balaban J connectivity index is 1.65. The highest BCUT2D eigenvalue weighted by atomic mass is 19.1. The Morgan fingerprint density at radius 3 is 2.33 bits per heavy atom. The van der Waals surface area contributed by atoms with E-state index in [0.717, 1.165) is 6.42 Å². The molecule has 2 N–H and O–H groups in total. The quantitative estimate of drug-likeness (QED) is 0.907. The van der Waals surface area contributed by atoms with Gasteiger partial charge in [-0.1, -0.05) is 18.2 Å². The van der Waals surface area contributed by atoms with E-state index in [-0.39, 0.29) is 17.8 Å². The average molecular weight is 327 g/mol. The highest BCUT2D eigenvalue weighted by Crippen LogP contribution is 2.21. The molecule has 3 amide bonds. The van der Waals surface area contributed by atoms with Gasteiger partial charge >= 0.3 is 6.03 Å². The van der Waals surface area contributed by atoms with Crippen LogP contribution in [0.1, 0.15) is 12.8 Å². The van der Waals surface area contributed by atoms with E-state index >= 15 is 0 Å². The van der Waals surface area contributed by atoms with Crippen LogP contribution in [0.25, 0.3) is 0 Å². The molecule has 0 aromatic heterocycles. The predicted molar refractivity (Wildman–Crippen MR) is 90.2 cm³/mol. The number of carbonyl (C=O) groups is 2. The standard InChI is InChI=1S/C18H18FN3O2/c19-13-8-10-15(11-9-13)20-17(23)16-7-4-12-22(16)18(24)21-14-5-2-1-3-6-14/h1-3,5-6,8-11,16H,4,7,12H2,(H,20,23)(H,21,24). The van der Waals surface area contributed by atoms with Gasteiger partial charge in [0, 0.05) is 17.9 Å². The van der Waals surface area contributed by atoms with Gasteiger partial charge in [-0.05, 0) is 49.2 Å². The number of hydrogen-bond acceptors (Lipinski definition) is 2. The van der Waals surface area contributed by atoms with Crippen molar-refractivity contribution in [3.8, 4) is 0 Å². The van der Waals surface area contributed by atoms with Crippen molar-refractivity contribution >= 4 is 23.3 Å². The number of hydrogen-bond donors (Lipinski definition) is 2. The van der Waals surface area contributed by atoms with Crippen molar-refractivity contribution in [3.63, 3.8) is 0 Å². The molecule has 2 aromatic rings. The Morgan fingerprint density at radius 2 is 1.62 bits per heavy atom.